The maximum Gasteiger partial charge on any atom is 0.206 e. The zero-order chi connectivity index (χ0) is 14.8. The summed E-state index contributed by atoms with van der Waals surface area (Å²) in [6.45, 7) is 0. The number of hydrogen-bond donors (Lipinski definition) is 1. The average Bonchev–Trinajstić information content (AvgIpc) is 3.00. The van der Waals surface area contributed by atoms with Crippen LogP contribution in [0.15, 0.2) is 36.5 Å². The Morgan fingerprint density at radius 1 is 0.955 bits per heavy atom. The van der Waals surface area contributed by atoms with Gasteiger partial charge >= 0.3 is 0 Å². The van der Waals surface area contributed by atoms with Crippen LogP contribution in [0.1, 0.15) is 30.5 Å². The summed E-state index contributed by atoms with van der Waals surface area (Å²) in [5.41, 5.74) is 5.95. The third-order valence-electron chi connectivity index (χ3n) is 4.26. The molecule has 2 aromatic heterocycles. The van der Waals surface area contributed by atoms with Gasteiger partial charge in [0.15, 0.2) is 0 Å². The van der Waals surface area contributed by atoms with Gasteiger partial charge in [-0.15, -0.1) is 10.2 Å². The van der Waals surface area contributed by atoms with E-state index >= 15 is 0 Å². The Bertz CT molecular complexity index is 765. The van der Waals surface area contributed by atoms with Crippen molar-refractivity contribution in [3.63, 3.8) is 0 Å². The molecule has 5 heteroatoms. The van der Waals surface area contributed by atoms with Gasteiger partial charge in [-0.1, -0.05) is 36.8 Å². The van der Waals surface area contributed by atoms with Crippen molar-refractivity contribution in [3.8, 4) is 22.5 Å². The number of nitrogens with zero attached hydrogens (tertiary/aromatic N) is 4. The number of fused-ring (bicyclic) bond motifs is 1. The highest BCUT2D eigenvalue weighted by Crippen LogP contribution is 2.36. The number of tetrazole rings is 1. The summed E-state index contributed by atoms with van der Waals surface area (Å²) < 4.78 is 0. The number of benzene rings is 1. The lowest BCUT2D eigenvalue weighted by Crippen LogP contribution is -2.02. The van der Waals surface area contributed by atoms with Gasteiger partial charge in [0.1, 0.15) is 0 Å². The van der Waals surface area contributed by atoms with Crippen LogP contribution in [0.3, 0.4) is 0 Å². The predicted octanol–water partition coefficient (Wildman–Crippen LogP) is 3.20. The molecule has 1 aromatic carbocycles. The molecule has 110 valence electrons. The molecule has 4 rings (SSSR count). The number of aromatic amines is 1. The monoisotopic (exact) mass is 291 g/mol. The first-order chi connectivity index (χ1) is 10.9. The standard InChI is InChI=1S/C17H17N5/c1-3-7-12(8-4-1)16-13-9-5-2-6-10-15(13)18-11-14(16)17-19-21-22-20-17/h1,3-4,7-8,11H,2,5-6,9-10H2,(H,19,20,21,22). The topological polar surface area (TPSA) is 67.3 Å². The molecule has 3 aromatic rings. The van der Waals surface area contributed by atoms with Gasteiger partial charge in [-0.3, -0.25) is 4.98 Å². The third kappa shape index (κ3) is 2.28. The number of nitrogens with one attached hydrogen (secondary N) is 1. The molecule has 1 N–H and O–H groups in total. The van der Waals surface area contributed by atoms with Gasteiger partial charge in [-0.2, -0.15) is 5.21 Å². The number of rotatable bonds is 2. The van der Waals surface area contributed by atoms with E-state index in [9.17, 15) is 0 Å². The third-order valence-corrected chi connectivity index (χ3v) is 4.26. The van der Waals surface area contributed by atoms with Crippen LogP contribution < -0.4 is 0 Å². The van der Waals surface area contributed by atoms with Crippen molar-refractivity contribution < 1.29 is 0 Å². The van der Waals surface area contributed by atoms with Crippen molar-refractivity contribution in [1.82, 2.24) is 25.6 Å². The molecule has 22 heavy (non-hydrogen) atoms. The first-order valence-electron chi connectivity index (χ1n) is 7.73. The minimum Gasteiger partial charge on any atom is -0.260 e. The van der Waals surface area contributed by atoms with E-state index in [1.165, 1.54) is 41.6 Å². The Morgan fingerprint density at radius 2 is 1.82 bits per heavy atom. The van der Waals surface area contributed by atoms with Crippen LogP contribution in [-0.2, 0) is 12.8 Å². The number of aryl methyl sites for hydroxylation is 1. The van der Waals surface area contributed by atoms with Crippen molar-refractivity contribution in [1.29, 1.82) is 0 Å². The first kappa shape index (κ1) is 13.1. The maximum atomic E-state index is 4.70. The first-order valence-corrected chi connectivity index (χ1v) is 7.73. The molecule has 1 aliphatic rings. The lowest BCUT2D eigenvalue weighted by atomic mass is 9.92. The smallest absolute Gasteiger partial charge is 0.206 e. The van der Waals surface area contributed by atoms with Crippen LogP contribution >= 0.6 is 0 Å². The summed E-state index contributed by atoms with van der Waals surface area (Å²) in [7, 11) is 0. The van der Waals surface area contributed by atoms with E-state index in [2.05, 4.69) is 44.9 Å². The van der Waals surface area contributed by atoms with Gasteiger partial charge in [-0.25, -0.2) is 0 Å². The molecule has 0 aliphatic heterocycles. The summed E-state index contributed by atoms with van der Waals surface area (Å²) >= 11 is 0. The molecule has 0 spiro atoms. The highest BCUT2D eigenvalue weighted by Gasteiger charge is 2.20. The van der Waals surface area contributed by atoms with Gasteiger partial charge in [0, 0.05) is 17.5 Å². The van der Waals surface area contributed by atoms with Crippen LogP contribution in [-0.4, -0.2) is 25.6 Å². The lowest BCUT2D eigenvalue weighted by molar-refractivity contribution is 0.709. The van der Waals surface area contributed by atoms with Crippen LogP contribution in [0, 0.1) is 0 Å². The van der Waals surface area contributed by atoms with E-state index in [1.807, 2.05) is 12.3 Å². The van der Waals surface area contributed by atoms with Crippen LogP contribution in [0.2, 0.25) is 0 Å². The molecular formula is C17H17N5. The zero-order valence-corrected chi connectivity index (χ0v) is 12.3. The van der Waals surface area contributed by atoms with Gasteiger partial charge in [0.2, 0.25) is 5.82 Å². The van der Waals surface area contributed by atoms with Gasteiger partial charge in [-0.05, 0) is 47.6 Å². The van der Waals surface area contributed by atoms with Crippen molar-refractivity contribution >= 4 is 0 Å². The Labute approximate surface area is 128 Å². The fourth-order valence-electron chi connectivity index (χ4n) is 3.23. The summed E-state index contributed by atoms with van der Waals surface area (Å²) in [6, 6.07) is 10.5. The molecule has 0 radical (unpaired) electrons. The Hall–Kier alpha value is -2.56. The van der Waals surface area contributed by atoms with E-state index < -0.39 is 0 Å². The molecule has 0 unspecified atom stereocenters. The molecule has 0 atom stereocenters. The number of H-pyrrole nitrogens is 1. The number of hydrogen-bond acceptors (Lipinski definition) is 4. The largest absolute Gasteiger partial charge is 0.260 e. The molecule has 0 saturated heterocycles. The van der Waals surface area contributed by atoms with Crippen molar-refractivity contribution in [2.24, 2.45) is 0 Å². The molecule has 0 bridgehead atoms. The van der Waals surface area contributed by atoms with E-state index in [1.54, 1.807) is 0 Å². The maximum absolute atomic E-state index is 4.70. The van der Waals surface area contributed by atoms with Gasteiger partial charge < -0.3 is 0 Å². The van der Waals surface area contributed by atoms with E-state index in [0.29, 0.717) is 5.82 Å². The fourth-order valence-corrected chi connectivity index (χ4v) is 3.23. The van der Waals surface area contributed by atoms with Crippen molar-refractivity contribution in [2.75, 3.05) is 0 Å². The Morgan fingerprint density at radius 3 is 2.64 bits per heavy atom. The van der Waals surface area contributed by atoms with Gasteiger partial charge in [0.05, 0.1) is 0 Å². The summed E-state index contributed by atoms with van der Waals surface area (Å²) in [5.74, 6) is 0.610. The van der Waals surface area contributed by atoms with Crippen LogP contribution in [0.5, 0.6) is 0 Å². The zero-order valence-electron chi connectivity index (χ0n) is 12.3. The number of aromatic nitrogens is 5. The van der Waals surface area contributed by atoms with E-state index in [4.69, 9.17) is 4.98 Å². The normalized spacial score (nSPS) is 14.4. The molecule has 0 saturated carbocycles. The summed E-state index contributed by atoms with van der Waals surface area (Å²) in [6.07, 6.45) is 7.72. The van der Waals surface area contributed by atoms with Crippen LogP contribution in [0.4, 0.5) is 0 Å². The molecular weight excluding hydrogens is 274 g/mol. The SMILES string of the molecule is c1ccc(-c2c(-c3nn[nH]n3)cnc3c2CCCCC3)cc1. The van der Waals surface area contributed by atoms with Crippen LogP contribution in [0.25, 0.3) is 22.5 Å². The average molecular weight is 291 g/mol. The fraction of sp³-hybridized carbons (Fsp3) is 0.294. The van der Waals surface area contributed by atoms with E-state index in [-0.39, 0.29) is 0 Å². The van der Waals surface area contributed by atoms with Gasteiger partial charge in [0.25, 0.3) is 0 Å². The molecule has 0 fully saturated rings. The Kier molecular flexibility index (Phi) is 3.39. The quantitative estimate of drug-likeness (QED) is 0.736. The second-order valence-corrected chi connectivity index (χ2v) is 5.63. The number of pyridine rings is 1. The van der Waals surface area contributed by atoms with E-state index in [0.717, 1.165) is 18.4 Å². The minimum absolute atomic E-state index is 0.610. The Balaban J connectivity index is 1.98. The lowest BCUT2D eigenvalue weighted by Gasteiger charge is -2.15. The molecule has 0 amide bonds. The molecule has 2 heterocycles. The highest BCUT2D eigenvalue weighted by molar-refractivity contribution is 5.83. The minimum atomic E-state index is 0.610. The molecule has 5 nitrogen and oxygen atoms in total. The van der Waals surface area contributed by atoms with Crippen molar-refractivity contribution in [3.05, 3.63) is 47.8 Å². The molecule has 1 aliphatic carbocycles. The van der Waals surface area contributed by atoms with Crippen molar-refractivity contribution in [2.45, 2.75) is 32.1 Å². The summed E-state index contributed by atoms with van der Waals surface area (Å²) in [5, 5.41) is 14.6. The second-order valence-electron chi connectivity index (χ2n) is 5.63. The summed E-state index contributed by atoms with van der Waals surface area (Å²) in [4.78, 5) is 4.70. The highest BCUT2D eigenvalue weighted by atomic mass is 15.5. The second kappa shape index (κ2) is 5.67. The predicted molar refractivity (Wildman–Crippen MR) is 84.1 cm³/mol.